The molecule has 0 spiro atoms. The van der Waals surface area contributed by atoms with Crippen LogP contribution < -0.4 is 9.92 Å². The molecule has 0 aromatic heterocycles. The average molecular weight is 271 g/mol. The third kappa shape index (κ3) is 2.63. The van der Waals surface area contributed by atoms with Crippen LogP contribution in [0.25, 0.3) is 0 Å². The predicted octanol–water partition coefficient (Wildman–Crippen LogP) is 1.64. The fraction of sp³-hybridized carbons (Fsp3) is 0.333. The van der Waals surface area contributed by atoms with E-state index in [0.29, 0.717) is 22.3 Å². The molecule has 4 nitrogen and oxygen atoms in total. The lowest BCUT2D eigenvalue weighted by Gasteiger charge is -2.17. The average Bonchev–Trinajstić information content (AvgIpc) is 2.24. The molecule has 0 bridgehead atoms. The summed E-state index contributed by atoms with van der Waals surface area (Å²) in [7, 11) is -5.09. The van der Waals surface area contributed by atoms with Crippen LogP contribution in [0.1, 0.15) is 27.8 Å². The van der Waals surface area contributed by atoms with E-state index in [0.717, 1.165) is 5.56 Å². The van der Waals surface area contributed by atoms with E-state index in [1.807, 2.05) is 0 Å². The van der Waals surface area contributed by atoms with Gasteiger partial charge in [-0.1, -0.05) is 9.81 Å². The summed E-state index contributed by atoms with van der Waals surface area (Å²) in [6.07, 6.45) is 5.37. The third-order valence-electron chi connectivity index (χ3n) is 2.87. The maximum atomic E-state index is 12.7. The van der Waals surface area contributed by atoms with Gasteiger partial charge in [0.2, 0.25) is 0 Å². The lowest BCUT2D eigenvalue weighted by molar-refractivity contribution is 0.436. The third-order valence-corrected chi connectivity index (χ3v) is 3.23. The predicted molar refractivity (Wildman–Crippen MR) is 67.1 cm³/mol. The van der Waals surface area contributed by atoms with Crippen molar-refractivity contribution in [3.8, 4) is 18.1 Å². The summed E-state index contributed by atoms with van der Waals surface area (Å²) in [6.45, 7) is 5.14. The van der Waals surface area contributed by atoms with Crippen LogP contribution in [-0.2, 0) is 17.0 Å². The number of nitrogens with two attached hydrogens (primary N) is 1. The van der Waals surface area contributed by atoms with Gasteiger partial charge >= 0.3 is 10.5 Å². The molecule has 0 aliphatic heterocycles. The van der Waals surface area contributed by atoms with Crippen LogP contribution in [-0.4, -0.2) is 8.42 Å². The Labute approximate surface area is 106 Å². The van der Waals surface area contributed by atoms with Gasteiger partial charge in [-0.2, -0.15) is 8.42 Å². The summed E-state index contributed by atoms with van der Waals surface area (Å²) in [5, 5.41) is 0. The normalized spacial score (nSPS) is 11.1. The van der Waals surface area contributed by atoms with Gasteiger partial charge in [-0.15, -0.1) is 6.42 Å². The summed E-state index contributed by atoms with van der Waals surface area (Å²) >= 11 is 0. The standard InChI is InChI=1S/C12H14FNO3S/c1-5-10-7(2)11(6-14)9(4)12(8(10)3)17-18(13,15)16/h1H,6,14H2,2-4H3. The summed E-state index contributed by atoms with van der Waals surface area (Å²) < 4.78 is 38.3. The van der Waals surface area contributed by atoms with E-state index in [1.165, 1.54) is 0 Å². The first-order valence-electron chi connectivity index (χ1n) is 5.16. The Morgan fingerprint density at radius 1 is 1.28 bits per heavy atom. The highest BCUT2D eigenvalue weighted by molar-refractivity contribution is 7.81. The van der Waals surface area contributed by atoms with Crippen LogP contribution in [0.3, 0.4) is 0 Å². The Bertz CT molecular complexity index is 630. The molecule has 0 unspecified atom stereocenters. The molecule has 0 radical (unpaired) electrons. The van der Waals surface area contributed by atoms with E-state index in [1.54, 1.807) is 20.8 Å². The summed E-state index contributed by atoms with van der Waals surface area (Å²) in [5.41, 5.74) is 8.39. The van der Waals surface area contributed by atoms with Gasteiger partial charge < -0.3 is 9.92 Å². The Hall–Kier alpha value is -1.58. The molecule has 0 saturated heterocycles. The Kier molecular flexibility index (Phi) is 3.99. The molecule has 2 N–H and O–H groups in total. The summed E-state index contributed by atoms with van der Waals surface area (Å²) in [6, 6.07) is 0. The van der Waals surface area contributed by atoms with Gasteiger partial charge in [-0.05, 0) is 37.5 Å². The lowest BCUT2D eigenvalue weighted by atomic mass is 9.92. The molecule has 0 aliphatic carbocycles. The number of benzene rings is 1. The fourth-order valence-corrected chi connectivity index (χ4v) is 2.44. The van der Waals surface area contributed by atoms with E-state index < -0.39 is 10.5 Å². The highest BCUT2D eigenvalue weighted by Crippen LogP contribution is 2.33. The van der Waals surface area contributed by atoms with Crippen molar-refractivity contribution in [2.24, 2.45) is 5.73 Å². The fourth-order valence-electron chi connectivity index (χ4n) is 1.99. The minimum Gasteiger partial charge on any atom is -0.358 e. The monoisotopic (exact) mass is 271 g/mol. The van der Waals surface area contributed by atoms with Crippen molar-refractivity contribution in [3.05, 3.63) is 27.8 Å². The van der Waals surface area contributed by atoms with Gasteiger partial charge in [0.15, 0.2) is 5.75 Å². The lowest BCUT2D eigenvalue weighted by Crippen LogP contribution is -2.11. The van der Waals surface area contributed by atoms with Crippen molar-refractivity contribution < 1.29 is 16.5 Å². The molecule has 1 aromatic carbocycles. The quantitative estimate of drug-likeness (QED) is 0.670. The van der Waals surface area contributed by atoms with Crippen LogP contribution in [0.2, 0.25) is 0 Å². The van der Waals surface area contributed by atoms with E-state index >= 15 is 0 Å². The highest BCUT2D eigenvalue weighted by atomic mass is 32.3. The van der Waals surface area contributed by atoms with Crippen molar-refractivity contribution in [1.82, 2.24) is 0 Å². The van der Waals surface area contributed by atoms with Crippen molar-refractivity contribution in [3.63, 3.8) is 0 Å². The molecule has 98 valence electrons. The second-order valence-electron chi connectivity index (χ2n) is 3.88. The van der Waals surface area contributed by atoms with Gasteiger partial charge in [0.05, 0.1) is 0 Å². The first-order chi connectivity index (χ1) is 8.22. The minimum absolute atomic E-state index is 0.0866. The summed E-state index contributed by atoms with van der Waals surface area (Å²) in [4.78, 5) is 0. The van der Waals surface area contributed by atoms with Crippen molar-refractivity contribution in [2.45, 2.75) is 27.3 Å². The first-order valence-corrected chi connectivity index (χ1v) is 6.47. The number of hydrogen-bond acceptors (Lipinski definition) is 4. The molecule has 1 aromatic rings. The molecule has 0 saturated carbocycles. The van der Waals surface area contributed by atoms with Gasteiger partial charge in [0.1, 0.15) is 0 Å². The molecular weight excluding hydrogens is 257 g/mol. The van der Waals surface area contributed by atoms with Gasteiger partial charge in [-0.3, -0.25) is 0 Å². The molecule has 0 atom stereocenters. The molecule has 0 heterocycles. The van der Waals surface area contributed by atoms with Crippen LogP contribution in [0.5, 0.6) is 5.75 Å². The molecule has 6 heteroatoms. The van der Waals surface area contributed by atoms with Crippen molar-refractivity contribution in [1.29, 1.82) is 0 Å². The topological polar surface area (TPSA) is 69.4 Å². The number of terminal acetylenes is 1. The highest BCUT2D eigenvalue weighted by Gasteiger charge is 2.21. The Morgan fingerprint density at radius 2 is 1.83 bits per heavy atom. The van der Waals surface area contributed by atoms with E-state index in [-0.39, 0.29) is 12.3 Å². The van der Waals surface area contributed by atoms with Crippen LogP contribution in [0.4, 0.5) is 3.89 Å². The zero-order valence-corrected chi connectivity index (χ0v) is 11.2. The van der Waals surface area contributed by atoms with Gasteiger partial charge in [0.25, 0.3) is 0 Å². The maximum Gasteiger partial charge on any atom is 0.488 e. The van der Waals surface area contributed by atoms with Crippen LogP contribution in [0, 0.1) is 33.1 Å². The SMILES string of the molecule is C#Cc1c(C)c(CN)c(C)c(OS(=O)(=O)F)c1C. The number of rotatable bonds is 3. The van der Waals surface area contributed by atoms with E-state index in [4.69, 9.17) is 12.2 Å². The second-order valence-corrected chi connectivity index (χ2v) is 4.84. The molecule has 18 heavy (non-hydrogen) atoms. The van der Waals surface area contributed by atoms with Crippen LogP contribution >= 0.6 is 0 Å². The van der Waals surface area contributed by atoms with Crippen LogP contribution in [0.15, 0.2) is 0 Å². The smallest absolute Gasteiger partial charge is 0.358 e. The molecular formula is C12H14FNO3S. The Morgan fingerprint density at radius 3 is 2.22 bits per heavy atom. The zero-order valence-electron chi connectivity index (χ0n) is 10.4. The largest absolute Gasteiger partial charge is 0.488 e. The van der Waals surface area contributed by atoms with Crippen molar-refractivity contribution in [2.75, 3.05) is 0 Å². The summed E-state index contributed by atoms with van der Waals surface area (Å²) in [5.74, 6) is 2.35. The molecule has 1 rings (SSSR count). The van der Waals surface area contributed by atoms with E-state index in [2.05, 4.69) is 10.1 Å². The van der Waals surface area contributed by atoms with E-state index in [9.17, 15) is 12.3 Å². The molecule has 0 fully saturated rings. The molecule has 0 amide bonds. The second kappa shape index (κ2) is 4.96. The first kappa shape index (κ1) is 14.5. The number of hydrogen-bond donors (Lipinski definition) is 1. The molecule has 0 aliphatic rings. The van der Waals surface area contributed by atoms with Gasteiger partial charge in [0, 0.05) is 17.7 Å². The Balaban J connectivity index is 3.67. The van der Waals surface area contributed by atoms with Crippen molar-refractivity contribution >= 4 is 10.5 Å². The minimum atomic E-state index is -5.09. The number of halogens is 1. The van der Waals surface area contributed by atoms with Gasteiger partial charge in [-0.25, -0.2) is 0 Å². The maximum absolute atomic E-state index is 12.7. The zero-order chi connectivity index (χ0) is 14.1.